The standard InChI is InChI=1S/C14H19N3O3/c1-9-3-5-11(6-4-9)14(20)10(2)17(7-12(15)18)8-13(16)19/h3-6,10H,7-8H2,1-2H3,(H2,15,18)(H2,16,19). The van der Waals surface area contributed by atoms with Gasteiger partial charge in [-0.3, -0.25) is 19.3 Å². The molecule has 1 rings (SSSR count). The Balaban J connectivity index is 2.89. The lowest BCUT2D eigenvalue weighted by atomic mass is 10.0. The van der Waals surface area contributed by atoms with Crippen LogP contribution in [0.5, 0.6) is 0 Å². The van der Waals surface area contributed by atoms with Crippen LogP contribution in [-0.2, 0) is 9.59 Å². The number of nitrogens with zero attached hydrogens (tertiary/aromatic N) is 1. The Bertz CT molecular complexity index is 495. The van der Waals surface area contributed by atoms with Crippen molar-refractivity contribution >= 4 is 17.6 Å². The van der Waals surface area contributed by atoms with Gasteiger partial charge in [0, 0.05) is 5.56 Å². The van der Waals surface area contributed by atoms with Crippen LogP contribution in [0.25, 0.3) is 0 Å². The zero-order chi connectivity index (χ0) is 15.3. The van der Waals surface area contributed by atoms with Gasteiger partial charge in [0.15, 0.2) is 5.78 Å². The number of Topliss-reactive ketones (excluding diaryl/α,β-unsaturated/α-hetero) is 1. The van der Waals surface area contributed by atoms with Gasteiger partial charge in [0.05, 0.1) is 19.1 Å². The van der Waals surface area contributed by atoms with Gasteiger partial charge in [0.25, 0.3) is 0 Å². The molecule has 6 nitrogen and oxygen atoms in total. The molecule has 1 atom stereocenters. The van der Waals surface area contributed by atoms with Crippen LogP contribution in [0.4, 0.5) is 0 Å². The number of nitrogens with two attached hydrogens (primary N) is 2. The number of rotatable bonds is 7. The summed E-state index contributed by atoms with van der Waals surface area (Å²) in [5.41, 5.74) is 11.8. The van der Waals surface area contributed by atoms with Gasteiger partial charge in [-0.2, -0.15) is 0 Å². The molecule has 108 valence electrons. The lowest BCUT2D eigenvalue weighted by Crippen LogP contribution is -2.47. The predicted octanol–water partition coefficient (Wildman–Crippen LogP) is -0.161. The van der Waals surface area contributed by atoms with Crippen LogP contribution in [0.3, 0.4) is 0 Å². The minimum atomic E-state index is -0.655. The van der Waals surface area contributed by atoms with E-state index >= 15 is 0 Å². The van der Waals surface area contributed by atoms with E-state index in [-0.39, 0.29) is 18.9 Å². The van der Waals surface area contributed by atoms with E-state index in [2.05, 4.69) is 0 Å². The van der Waals surface area contributed by atoms with Crippen molar-refractivity contribution < 1.29 is 14.4 Å². The monoisotopic (exact) mass is 277 g/mol. The van der Waals surface area contributed by atoms with E-state index in [4.69, 9.17) is 11.5 Å². The van der Waals surface area contributed by atoms with Gasteiger partial charge in [-0.05, 0) is 13.8 Å². The molecule has 2 amide bonds. The number of hydrogen-bond donors (Lipinski definition) is 2. The number of hydrogen-bond acceptors (Lipinski definition) is 4. The SMILES string of the molecule is Cc1ccc(C(=O)C(C)N(CC(N)=O)CC(N)=O)cc1. The maximum Gasteiger partial charge on any atom is 0.231 e. The van der Waals surface area contributed by atoms with Crippen molar-refractivity contribution in [2.45, 2.75) is 19.9 Å². The van der Waals surface area contributed by atoms with E-state index in [1.165, 1.54) is 4.90 Å². The number of ketones is 1. The van der Waals surface area contributed by atoms with Crippen LogP contribution in [0.15, 0.2) is 24.3 Å². The summed E-state index contributed by atoms with van der Waals surface area (Å²) >= 11 is 0. The molecule has 20 heavy (non-hydrogen) atoms. The van der Waals surface area contributed by atoms with Gasteiger partial charge >= 0.3 is 0 Å². The van der Waals surface area contributed by atoms with E-state index in [1.807, 2.05) is 19.1 Å². The number of benzene rings is 1. The second-order valence-electron chi connectivity index (χ2n) is 4.74. The van der Waals surface area contributed by atoms with Gasteiger partial charge in [-0.25, -0.2) is 0 Å². The molecule has 1 aromatic rings. The molecule has 0 aliphatic heterocycles. The lowest BCUT2D eigenvalue weighted by molar-refractivity contribution is -0.122. The molecule has 0 bridgehead atoms. The van der Waals surface area contributed by atoms with Crippen molar-refractivity contribution in [1.29, 1.82) is 0 Å². The molecule has 1 aromatic carbocycles. The lowest BCUT2D eigenvalue weighted by Gasteiger charge is -2.25. The Hall–Kier alpha value is -2.21. The molecular weight excluding hydrogens is 258 g/mol. The summed E-state index contributed by atoms with van der Waals surface area (Å²) in [6.07, 6.45) is 0. The fourth-order valence-corrected chi connectivity index (χ4v) is 1.85. The first kappa shape index (κ1) is 15.8. The van der Waals surface area contributed by atoms with Crippen molar-refractivity contribution in [2.24, 2.45) is 11.5 Å². The molecule has 0 heterocycles. The number of amides is 2. The molecule has 4 N–H and O–H groups in total. The summed E-state index contributed by atoms with van der Waals surface area (Å²) in [6.45, 7) is 3.15. The first-order valence-electron chi connectivity index (χ1n) is 6.22. The average molecular weight is 277 g/mol. The van der Waals surface area contributed by atoms with E-state index < -0.39 is 17.9 Å². The third-order valence-electron chi connectivity index (χ3n) is 2.98. The fourth-order valence-electron chi connectivity index (χ4n) is 1.85. The van der Waals surface area contributed by atoms with E-state index in [9.17, 15) is 14.4 Å². The maximum absolute atomic E-state index is 12.3. The number of primary amides is 2. The molecule has 0 fully saturated rings. The molecule has 0 aromatic heterocycles. The molecule has 0 spiro atoms. The Labute approximate surface area is 117 Å². The molecule has 0 aliphatic carbocycles. The highest BCUT2D eigenvalue weighted by Crippen LogP contribution is 2.10. The van der Waals surface area contributed by atoms with Crippen LogP contribution in [0, 0.1) is 6.92 Å². The van der Waals surface area contributed by atoms with Crippen molar-refractivity contribution in [3.8, 4) is 0 Å². The highest BCUT2D eigenvalue weighted by molar-refractivity contribution is 6.00. The Morgan fingerprint density at radius 1 is 1.05 bits per heavy atom. The third kappa shape index (κ3) is 4.47. The van der Waals surface area contributed by atoms with Gasteiger partial charge in [0.1, 0.15) is 0 Å². The molecule has 0 saturated carbocycles. The van der Waals surface area contributed by atoms with Gasteiger partial charge in [0.2, 0.25) is 11.8 Å². The third-order valence-corrected chi connectivity index (χ3v) is 2.98. The number of carbonyl (C=O) groups excluding carboxylic acids is 3. The average Bonchev–Trinajstić information content (AvgIpc) is 2.36. The van der Waals surface area contributed by atoms with Crippen LogP contribution in [0.2, 0.25) is 0 Å². The van der Waals surface area contributed by atoms with Crippen molar-refractivity contribution in [3.63, 3.8) is 0 Å². The van der Waals surface area contributed by atoms with Crippen molar-refractivity contribution in [2.75, 3.05) is 13.1 Å². The molecule has 1 unspecified atom stereocenters. The smallest absolute Gasteiger partial charge is 0.231 e. The Kier molecular flexibility index (Phi) is 5.40. The zero-order valence-corrected chi connectivity index (χ0v) is 11.6. The van der Waals surface area contributed by atoms with E-state index in [0.29, 0.717) is 5.56 Å². The van der Waals surface area contributed by atoms with Crippen LogP contribution < -0.4 is 11.5 Å². The Morgan fingerprint density at radius 3 is 1.90 bits per heavy atom. The summed E-state index contributed by atoms with van der Waals surface area (Å²) in [4.78, 5) is 35.7. The highest BCUT2D eigenvalue weighted by Gasteiger charge is 2.24. The quantitative estimate of drug-likeness (QED) is 0.675. The van der Waals surface area contributed by atoms with Gasteiger partial charge < -0.3 is 11.5 Å². The van der Waals surface area contributed by atoms with Crippen LogP contribution in [-0.4, -0.2) is 41.6 Å². The summed E-state index contributed by atoms with van der Waals surface area (Å²) < 4.78 is 0. The highest BCUT2D eigenvalue weighted by atomic mass is 16.2. The van der Waals surface area contributed by atoms with Crippen LogP contribution in [0.1, 0.15) is 22.8 Å². The summed E-state index contributed by atoms with van der Waals surface area (Å²) in [5.74, 6) is -1.42. The predicted molar refractivity (Wildman–Crippen MR) is 74.9 cm³/mol. The molecule has 0 aliphatic rings. The molecule has 0 radical (unpaired) electrons. The van der Waals surface area contributed by atoms with Crippen LogP contribution >= 0.6 is 0 Å². The van der Waals surface area contributed by atoms with Crippen molar-refractivity contribution in [3.05, 3.63) is 35.4 Å². The fraction of sp³-hybridized carbons (Fsp3) is 0.357. The maximum atomic E-state index is 12.3. The number of aryl methyl sites for hydroxylation is 1. The van der Waals surface area contributed by atoms with E-state index in [1.54, 1.807) is 19.1 Å². The van der Waals surface area contributed by atoms with E-state index in [0.717, 1.165) is 5.56 Å². The first-order valence-corrected chi connectivity index (χ1v) is 6.22. The largest absolute Gasteiger partial charge is 0.369 e. The Morgan fingerprint density at radius 2 is 1.50 bits per heavy atom. The van der Waals surface area contributed by atoms with Gasteiger partial charge in [-0.15, -0.1) is 0 Å². The normalized spacial score (nSPS) is 12.2. The summed E-state index contributed by atoms with van der Waals surface area (Å²) in [7, 11) is 0. The molecule has 6 heteroatoms. The minimum Gasteiger partial charge on any atom is -0.369 e. The zero-order valence-electron chi connectivity index (χ0n) is 11.6. The minimum absolute atomic E-state index is 0.187. The number of carbonyl (C=O) groups is 3. The summed E-state index contributed by atoms with van der Waals surface area (Å²) in [6, 6.07) is 6.42. The summed E-state index contributed by atoms with van der Waals surface area (Å²) in [5, 5.41) is 0. The second kappa shape index (κ2) is 6.81. The first-order chi connectivity index (χ1) is 9.31. The van der Waals surface area contributed by atoms with Crippen molar-refractivity contribution in [1.82, 2.24) is 4.90 Å². The molecule has 0 saturated heterocycles. The molecular formula is C14H19N3O3. The topological polar surface area (TPSA) is 106 Å². The second-order valence-corrected chi connectivity index (χ2v) is 4.74. The van der Waals surface area contributed by atoms with Gasteiger partial charge in [-0.1, -0.05) is 29.8 Å².